The molecule has 0 aromatic heterocycles. The highest BCUT2D eigenvalue weighted by Gasteiger charge is 2.31. The van der Waals surface area contributed by atoms with Gasteiger partial charge in [-0.3, -0.25) is 9.80 Å². The third-order valence-corrected chi connectivity index (χ3v) is 7.50. The molecular formula is C25H50N4O. The number of piperazine rings is 1. The topological polar surface area (TPSA) is 22.2 Å². The van der Waals surface area contributed by atoms with Crippen molar-refractivity contribution in [3.8, 4) is 0 Å². The van der Waals surface area contributed by atoms with Crippen molar-refractivity contribution in [3.05, 3.63) is 0 Å². The second-order valence-electron chi connectivity index (χ2n) is 12.0. The van der Waals surface area contributed by atoms with Gasteiger partial charge < -0.3 is 14.5 Å². The summed E-state index contributed by atoms with van der Waals surface area (Å²) in [4.78, 5) is 10.8. The summed E-state index contributed by atoms with van der Waals surface area (Å²) in [5, 5.41) is 0. The fourth-order valence-electron chi connectivity index (χ4n) is 5.46. The minimum absolute atomic E-state index is 0.00931. The Hall–Kier alpha value is -0.200. The Morgan fingerprint density at radius 1 is 0.700 bits per heavy atom. The van der Waals surface area contributed by atoms with Crippen molar-refractivity contribution in [2.45, 2.75) is 84.4 Å². The summed E-state index contributed by atoms with van der Waals surface area (Å²) in [7, 11) is 0. The molecule has 5 nitrogen and oxygen atoms in total. The molecule has 0 amide bonds. The van der Waals surface area contributed by atoms with E-state index >= 15 is 0 Å². The first-order valence-electron chi connectivity index (χ1n) is 12.7. The summed E-state index contributed by atoms with van der Waals surface area (Å²) >= 11 is 0. The molecule has 5 heteroatoms. The quantitative estimate of drug-likeness (QED) is 0.652. The van der Waals surface area contributed by atoms with E-state index in [4.69, 9.17) is 4.74 Å². The highest BCUT2D eigenvalue weighted by atomic mass is 16.5. The lowest BCUT2D eigenvalue weighted by Crippen LogP contribution is -2.57. The summed E-state index contributed by atoms with van der Waals surface area (Å²) in [6.45, 7) is 26.9. The normalized spacial score (nSPS) is 25.8. The Bertz CT molecular complexity index is 488. The first-order valence-corrected chi connectivity index (χ1v) is 12.7. The van der Waals surface area contributed by atoms with E-state index in [9.17, 15) is 0 Å². The fraction of sp³-hybridized carbons (Fsp3) is 1.00. The predicted octanol–water partition coefficient (Wildman–Crippen LogP) is 3.39. The molecule has 0 saturated carbocycles. The number of hydrogen-bond donors (Lipinski definition) is 0. The Balaban J connectivity index is 1.29. The van der Waals surface area contributed by atoms with Crippen LogP contribution in [0.15, 0.2) is 0 Å². The van der Waals surface area contributed by atoms with Crippen molar-refractivity contribution < 1.29 is 4.74 Å². The largest absolute Gasteiger partial charge is 0.375 e. The Labute approximate surface area is 187 Å². The molecule has 3 aliphatic heterocycles. The highest BCUT2D eigenvalue weighted by molar-refractivity contribution is 4.87. The number of hydrogen-bond acceptors (Lipinski definition) is 5. The van der Waals surface area contributed by atoms with Gasteiger partial charge in [0.2, 0.25) is 0 Å². The van der Waals surface area contributed by atoms with Crippen LogP contribution >= 0.6 is 0 Å². The number of likely N-dealkylation sites (tertiary alicyclic amines) is 2. The van der Waals surface area contributed by atoms with Crippen molar-refractivity contribution >= 4 is 0 Å². The zero-order chi connectivity index (χ0) is 21.8. The van der Waals surface area contributed by atoms with Crippen LogP contribution in [0.3, 0.4) is 0 Å². The van der Waals surface area contributed by atoms with Gasteiger partial charge in [-0.2, -0.15) is 0 Å². The van der Waals surface area contributed by atoms with E-state index in [1.165, 1.54) is 84.6 Å². The van der Waals surface area contributed by atoms with Gasteiger partial charge in [0.15, 0.2) is 0 Å². The molecule has 0 spiro atoms. The summed E-state index contributed by atoms with van der Waals surface area (Å²) in [5.41, 5.74) is 0.315. The van der Waals surface area contributed by atoms with Crippen LogP contribution in [0, 0.1) is 5.92 Å². The SMILES string of the molecule is CC(C)(C)OCCN1CCC(CN2CCC(N3CCN(C(C)(C)C)CC3)CC2)CC1. The van der Waals surface area contributed by atoms with Crippen molar-refractivity contribution in [1.29, 1.82) is 0 Å². The summed E-state index contributed by atoms with van der Waals surface area (Å²) in [5.74, 6) is 0.900. The second-order valence-corrected chi connectivity index (χ2v) is 12.0. The van der Waals surface area contributed by atoms with Gasteiger partial charge in [-0.25, -0.2) is 0 Å². The summed E-state index contributed by atoms with van der Waals surface area (Å²) in [6.07, 6.45) is 5.48. The zero-order valence-corrected chi connectivity index (χ0v) is 21.0. The van der Waals surface area contributed by atoms with E-state index in [-0.39, 0.29) is 5.60 Å². The highest BCUT2D eigenvalue weighted by Crippen LogP contribution is 2.24. The van der Waals surface area contributed by atoms with E-state index in [2.05, 4.69) is 61.1 Å². The van der Waals surface area contributed by atoms with E-state index in [1.807, 2.05) is 0 Å². The molecule has 0 unspecified atom stereocenters. The van der Waals surface area contributed by atoms with Crippen LogP contribution in [0.4, 0.5) is 0 Å². The van der Waals surface area contributed by atoms with Crippen molar-refractivity contribution in [3.63, 3.8) is 0 Å². The lowest BCUT2D eigenvalue weighted by molar-refractivity contribution is -0.0172. The van der Waals surface area contributed by atoms with Crippen LogP contribution in [-0.2, 0) is 4.74 Å². The van der Waals surface area contributed by atoms with E-state index in [0.717, 1.165) is 25.1 Å². The summed E-state index contributed by atoms with van der Waals surface area (Å²) in [6, 6.07) is 0.827. The maximum atomic E-state index is 5.91. The molecule has 0 bridgehead atoms. The zero-order valence-electron chi connectivity index (χ0n) is 21.0. The summed E-state index contributed by atoms with van der Waals surface area (Å²) < 4.78 is 5.91. The number of ether oxygens (including phenoxy) is 1. The average molecular weight is 423 g/mol. The van der Waals surface area contributed by atoms with E-state index in [0.29, 0.717) is 5.54 Å². The van der Waals surface area contributed by atoms with Crippen LogP contribution in [0.1, 0.15) is 67.2 Å². The standard InChI is InChI=1S/C25H50N4O/c1-24(2,3)29-17-15-28(16-18-29)23-9-13-27(14-10-23)21-22-7-11-26(12-8-22)19-20-30-25(4,5)6/h22-23H,7-21H2,1-6H3. The van der Waals surface area contributed by atoms with E-state index < -0.39 is 0 Å². The van der Waals surface area contributed by atoms with Crippen molar-refractivity contribution in [2.24, 2.45) is 5.92 Å². The third kappa shape index (κ3) is 7.74. The molecule has 0 aromatic rings. The molecule has 0 atom stereocenters. The molecule has 0 N–H and O–H groups in total. The van der Waals surface area contributed by atoms with Gasteiger partial charge in [-0.15, -0.1) is 0 Å². The maximum Gasteiger partial charge on any atom is 0.0600 e. The lowest BCUT2D eigenvalue weighted by atomic mass is 9.94. The molecule has 3 aliphatic rings. The lowest BCUT2D eigenvalue weighted by Gasteiger charge is -2.46. The molecule has 176 valence electrons. The Morgan fingerprint density at radius 3 is 1.80 bits per heavy atom. The third-order valence-electron chi connectivity index (χ3n) is 7.50. The molecular weight excluding hydrogens is 372 g/mol. The van der Waals surface area contributed by atoms with Gasteiger partial charge in [0.1, 0.15) is 0 Å². The van der Waals surface area contributed by atoms with E-state index in [1.54, 1.807) is 0 Å². The first kappa shape index (κ1) is 24.4. The minimum Gasteiger partial charge on any atom is -0.375 e. The van der Waals surface area contributed by atoms with Crippen LogP contribution in [-0.4, -0.2) is 109 Å². The molecule has 3 saturated heterocycles. The molecule has 3 rings (SSSR count). The van der Waals surface area contributed by atoms with Gasteiger partial charge in [-0.1, -0.05) is 0 Å². The predicted molar refractivity (Wildman–Crippen MR) is 127 cm³/mol. The monoisotopic (exact) mass is 422 g/mol. The second kappa shape index (κ2) is 10.6. The van der Waals surface area contributed by atoms with Gasteiger partial charge in [0.05, 0.1) is 12.2 Å². The van der Waals surface area contributed by atoms with Crippen LogP contribution < -0.4 is 0 Å². The van der Waals surface area contributed by atoms with Crippen LogP contribution in [0.5, 0.6) is 0 Å². The van der Waals surface area contributed by atoms with Gasteiger partial charge in [-0.05, 0) is 99.3 Å². The number of rotatable bonds is 6. The van der Waals surface area contributed by atoms with Crippen molar-refractivity contribution in [1.82, 2.24) is 19.6 Å². The number of nitrogens with zero attached hydrogens (tertiary/aromatic N) is 4. The molecule has 30 heavy (non-hydrogen) atoms. The maximum absolute atomic E-state index is 5.91. The first-order chi connectivity index (χ1) is 14.1. The van der Waals surface area contributed by atoms with Crippen molar-refractivity contribution in [2.75, 3.05) is 72.1 Å². The van der Waals surface area contributed by atoms with Crippen LogP contribution in [0.2, 0.25) is 0 Å². The van der Waals surface area contributed by atoms with Gasteiger partial charge >= 0.3 is 0 Å². The Kier molecular flexibility index (Phi) is 8.65. The van der Waals surface area contributed by atoms with Gasteiger partial charge in [0.25, 0.3) is 0 Å². The minimum atomic E-state index is -0.00931. The molecule has 0 radical (unpaired) electrons. The number of piperidine rings is 2. The molecule has 0 aliphatic carbocycles. The molecule has 3 heterocycles. The molecule has 3 fully saturated rings. The van der Waals surface area contributed by atoms with Crippen LogP contribution in [0.25, 0.3) is 0 Å². The van der Waals surface area contributed by atoms with Gasteiger partial charge in [0, 0.05) is 50.8 Å². The average Bonchev–Trinajstić information content (AvgIpc) is 2.68. The Morgan fingerprint density at radius 2 is 1.27 bits per heavy atom. The fourth-order valence-corrected chi connectivity index (χ4v) is 5.46. The smallest absolute Gasteiger partial charge is 0.0600 e. The molecule has 0 aromatic carbocycles.